The topological polar surface area (TPSA) is 58.6 Å². The van der Waals surface area contributed by atoms with E-state index < -0.39 is 6.04 Å². The summed E-state index contributed by atoms with van der Waals surface area (Å²) in [5, 5.41) is 3.98. The standard InChI is InChI=1S/C29H32Cl2N2O3S/c1-3-14-32-29(35)27(17-21-8-5-4-6-9-21)33(18-22-10-7-11-24(15-22)36-2)28(34)20-37-19-23-12-13-25(30)26(31)16-23/h4-13,15-16,27H,3,14,17-20H2,1-2H3,(H,32,35). The van der Waals surface area contributed by atoms with Gasteiger partial charge in [0, 0.05) is 25.3 Å². The van der Waals surface area contributed by atoms with Crippen LogP contribution in [0, 0.1) is 0 Å². The zero-order chi connectivity index (χ0) is 26.6. The van der Waals surface area contributed by atoms with Crippen molar-refractivity contribution in [3.63, 3.8) is 0 Å². The highest BCUT2D eigenvalue weighted by atomic mass is 35.5. The molecule has 1 atom stereocenters. The van der Waals surface area contributed by atoms with Crippen molar-refractivity contribution in [1.29, 1.82) is 0 Å². The molecule has 1 N–H and O–H groups in total. The van der Waals surface area contributed by atoms with Gasteiger partial charge in [-0.2, -0.15) is 0 Å². The summed E-state index contributed by atoms with van der Waals surface area (Å²) < 4.78 is 5.38. The number of hydrogen-bond acceptors (Lipinski definition) is 4. The first-order chi connectivity index (χ1) is 17.9. The van der Waals surface area contributed by atoms with Crippen molar-refractivity contribution in [3.8, 4) is 5.75 Å². The van der Waals surface area contributed by atoms with Crippen LogP contribution in [-0.2, 0) is 28.3 Å². The molecule has 0 radical (unpaired) electrons. The molecule has 0 aromatic heterocycles. The summed E-state index contributed by atoms with van der Waals surface area (Å²) in [6.45, 7) is 2.85. The minimum absolute atomic E-state index is 0.111. The highest BCUT2D eigenvalue weighted by Gasteiger charge is 2.30. The lowest BCUT2D eigenvalue weighted by Crippen LogP contribution is -2.51. The van der Waals surface area contributed by atoms with Gasteiger partial charge in [0.1, 0.15) is 11.8 Å². The third-order valence-electron chi connectivity index (χ3n) is 5.79. The van der Waals surface area contributed by atoms with E-state index in [-0.39, 0.29) is 17.6 Å². The Morgan fingerprint density at radius 3 is 2.41 bits per heavy atom. The van der Waals surface area contributed by atoms with Gasteiger partial charge in [-0.15, -0.1) is 11.8 Å². The number of methoxy groups -OCH3 is 1. The maximum Gasteiger partial charge on any atom is 0.243 e. The van der Waals surface area contributed by atoms with E-state index in [1.165, 1.54) is 11.8 Å². The van der Waals surface area contributed by atoms with Gasteiger partial charge in [0.15, 0.2) is 0 Å². The monoisotopic (exact) mass is 558 g/mol. The SMILES string of the molecule is CCCNC(=O)C(Cc1ccccc1)N(Cc1cccc(OC)c1)C(=O)CSCc1ccc(Cl)c(Cl)c1. The molecular formula is C29H32Cl2N2O3S. The summed E-state index contributed by atoms with van der Waals surface area (Å²) in [6.07, 6.45) is 1.23. The third kappa shape index (κ3) is 8.99. The lowest BCUT2D eigenvalue weighted by molar-refractivity contribution is -0.139. The van der Waals surface area contributed by atoms with Crippen LogP contribution in [0.3, 0.4) is 0 Å². The lowest BCUT2D eigenvalue weighted by Gasteiger charge is -2.31. The van der Waals surface area contributed by atoms with E-state index in [4.69, 9.17) is 27.9 Å². The van der Waals surface area contributed by atoms with E-state index in [0.717, 1.165) is 23.1 Å². The van der Waals surface area contributed by atoms with Crippen LogP contribution in [0.15, 0.2) is 72.8 Å². The average Bonchev–Trinajstić information content (AvgIpc) is 2.91. The van der Waals surface area contributed by atoms with Gasteiger partial charge in [0.05, 0.1) is 22.9 Å². The Bertz CT molecular complexity index is 1180. The fraction of sp³-hybridized carbons (Fsp3) is 0.310. The Kier molecular flexibility index (Phi) is 11.6. The highest BCUT2D eigenvalue weighted by molar-refractivity contribution is 7.99. The van der Waals surface area contributed by atoms with Crippen LogP contribution in [0.1, 0.15) is 30.0 Å². The number of nitrogens with one attached hydrogen (secondary N) is 1. The first kappa shape index (κ1) is 28.9. The molecule has 0 bridgehead atoms. The third-order valence-corrected chi connectivity index (χ3v) is 7.51. The van der Waals surface area contributed by atoms with Gasteiger partial charge in [-0.05, 0) is 47.4 Å². The second kappa shape index (κ2) is 14.9. The summed E-state index contributed by atoms with van der Waals surface area (Å²) in [4.78, 5) is 28.7. The molecule has 196 valence electrons. The zero-order valence-electron chi connectivity index (χ0n) is 21.1. The molecule has 5 nitrogen and oxygen atoms in total. The lowest BCUT2D eigenvalue weighted by atomic mass is 10.0. The summed E-state index contributed by atoms with van der Waals surface area (Å²) in [5.41, 5.74) is 2.86. The Labute approximate surface area is 233 Å². The molecule has 3 rings (SSSR count). The van der Waals surface area contributed by atoms with Gasteiger partial charge in [-0.3, -0.25) is 9.59 Å². The number of halogens is 2. The van der Waals surface area contributed by atoms with Crippen LogP contribution >= 0.6 is 35.0 Å². The number of hydrogen-bond donors (Lipinski definition) is 1. The number of thioether (sulfide) groups is 1. The Morgan fingerprint density at radius 1 is 0.946 bits per heavy atom. The predicted octanol–water partition coefficient (Wildman–Crippen LogP) is 6.40. The largest absolute Gasteiger partial charge is 0.497 e. The summed E-state index contributed by atoms with van der Waals surface area (Å²) in [6, 6.07) is 22.2. The van der Waals surface area contributed by atoms with Gasteiger partial charge >= 0.3 is 0 Å². The maximum absolute atomic E-state index is 13.7. The van der Waals surface area contributed by atoms with E-state index in [1.54, 1.807) is 18.1 Å². The van der Waals surface area contributed by atoms with Gasteiger partial charge < -0.3 is 15.0 Å². The molecule has 0 saturated carbocycles. The quantitative estimate of drug-likeness (QED) is 0.263. The second-order valence-corrected chi connectivity index (χ2v) is 10.4. The van der Waals surface area contributed by atoms with Crippen LogP contribution in [0.2, 0.25) is 10.0 Å². The molecule has 1 unspecified atom stereocenters. The fourth-order valence-electron chi connectivity index (χ4n) is 3.86. The Hall–Kier alpha value is -2.67. The number of nitrogens with zero attached hydrogens (tertiary/aromatic N) is 1. The maximum atomic E-state index is 13.7. The van der Waals surface area contributed by atoms with Crippen molar-refractivity contribution < 1.29 is 14.3 Å². The summed E-state index contributed by atoms with van der Waals surface area (Å²) in [7, 11) is 1.61. The molecule has 0 heterocycles. The van der Waals surface area contributed by atoms with Crippen molar-refractivity contribution in [2.45, 2.75) is 38.1 Å². The second-order valence-electron chi connectivity index (χ2n) is 8.61. The number of carbonyl (C=O) groups is 2. The van der Waals surface area contributed by atoms with E-state index in [9.17, 15) is 9.59 Å². The minimum atomic E-state index is -0.654. The van der Waals surface area contributed by atoms with E-state index >= 15 is 0 Å². The molecule has 0 aliphatic heterocycles. The molecule has 0 saturated heterocycles. The van der Waals surface area contributed by atoms with E-state index in [2.05, 4.69) is 5.32 Å². The zero-order valence-corrected chi connectivity index (χ0v) is 23.4. The number of rotatable bonds is 13. The van der Waals surface area contributed by atoms with Crippen LogP contribution in [0.4, 0.5) is 0 Å². The molecular weight excluding hydrogens is 527 g/mol. The number of carbonyl (C=O) groups excluding carboxylic acids is 2. The van der Waals surface area contributed by atoms with Crippen molar-refractivity contribution in [1.82, 2.24) is 10.2 Å². The summed E-state index contributed by atoms with van der Waals surface area (Å²) in [5.74, 6) is 1.25. The molecule has 2 amide bonds. The average molecular weight is 560 g/mol. The van der Waals surface area contributed by atoms with Gasteiger partial charge in [-0.25, -0.2) is 0 Å². The molecule has 3 aromatic rings. The molecule has 0 aliphatic rings. The summed E-state index contributed by atoms with van der Waals surface area (Å²) >= 11 is 13.7. The molecule has 0 aliphatic carbocycles. The van der Waals surface area contributed by atoms with Crippen molar-refractivity contribution in [2.24, 2.45) is 0 Å². The van der Waals surface area contributed by atoms with Crippen LogP contribution in [0.5, 0.6) is 5.75 Å². The van der Waals surface area contributed by atoms with E-state index in [1.807, 2.05) is 73.7 Å². The minimum Gasteiger partial charge on any atom is -0.497 e. The van der Waals surface area contributed by atoms with Gasteiger partial charge in [0.2, 0.25) is 11.8 Å². The number of benzene rings is 3. The molecule has 0 spiro atoms. The predicted molar refractivity (Wildman–Crippen MR) is 153 cm³/mol. The Morgan fingerprint density at radius 2 is 1.70 bits per heavy atom. The van der Waals surface area contributed by atoms with Crippen molar-refractivity contribution >= 4 is 46.8 Å². The highest BCUT2D eigenvalue weighted by Crippen LogP contribution is 2.25. The van der Waals surface area contributed by atoms with Crippen molar-refractivity contribution in [3.05, 3.63) is 99.5 Å². The number of amides is 2. The molecule has 3 aromatic carbocycles. The van der Waals surface area contributed by atoms with Crippen LogP contribution < -0.4 is 10.1 Å². The smallest absolute Gasteiger partial charge is 0.243 e. The normalized spacial score (nSPS) is 11.6. The first-order valence-corrected chi connectivity index (χ1v) is 14.1. The first-order valence-electron chi connectivity index (χ1n) is 12.2. The fourth-order valence-corrected chi connectivity index (χ4v) is 5.03. The van der Waals surface area contributed by atoms with Crippen LogP contribution in [0.25, 0.3) is 0 Å². The van der Waals surface area contributed by atoms with E-state index in [0.29, 0.717) is 41.1 Å². The molecule has 0 fully saturated rings. The van der Waals surface area contributed by atoms with Crippen LogP contribution in [-0.4, -0.2) is 42.2 Å². The Balaban J connectivity index is 1.84. The van der Waals surface area contributed by atoms with Crippen molar-refractivity contribution in [2.75, 3.05) is 19.4 Å². The van der Waals surface area contributed by atoms with Gasteiger partial charge in [0.25, 0.3) is 0 Å². The number of ether oxygens (including phenoxy) is 1. The van der Waals surface area contributed by atoms with Gasteiger partial charge in [-0.1, -0.05) is 78.7 Å². The molecule has 8 heteroatoms. The molecule has 37 heavy (non-hydrogen) atoms.